The fraction of sp³-hybridized carbons (Fsp3) is 0.0833. The Bertz CT molecular complexity index is 480. The van der Waals surface area contributed by atoms with Gasteiger partial charge in [-0.2, -0.15) is 11.3 Å². The Balaban J connectivity index is 2.12. The van der Waals surface area contributed by atoms with Gasteiger partial charge in [0.15, 0.2) is 6.29 Å². The fourth-order valence-electron chi connectivity index (χ4n) is 1.28. The molecule has 0 amide bonds. The predicted molar refractivity (Wildman–Crippen MR) is 60.4 cm³/mol. The molecule has 4 heteroatoms. The highest BCUT2D eigenvalue weighted by Gasteiger charge is 2.04. The molecule has 0 atom stereocenters. The van der Waals surface area contributed by atoms with Crippen LogP contribution in [0.2, 0.25) is 0 Å². The summed E-state index contributed by atoms with van der Waals surface area (Å²) < 4.78 is 18.3. The molecule has 0 radical (unpaired) electrons. The average molecular weight is 236 g/mol. The van der Waals surface area contributed by atoms with Gasteiger partial charge in [0, 0.05) is 0 Å². The molecule has 82 valence electrons. The van der Waals surface area contributed by atoms with E-state index in [1.54, 1.807) is 11.3 Å². The zero-order valence-corrected chi connectivity index (χ0v) is 9.17. The number of thiophene rings is 1. The maximum atomic E-state index is 12.8. The Morgan fingerprint density at radius 1 is 1.38 bits per heavy atom. The quantitative estimate of drug-likeness (QED) is 0.761. The lowest BCUT2D eigenvalue weighted by atomic mass is 10.2. The van der Waals surface area contributed by atoms with Crippen molar-refractivity contribution in [3.8, 4) is 5.75 Å². The molecular weight excluding hydrogens is 227 g/mol. The van der Waals surface area contributed by atoms with E-state index in [1.807, 2.05) is 16.8 Å². The van der Waals surface area contributed by atoms with Crippen LogP contribution in [0.1, 0.15) is 15.9 Å². The van der Waals surface area contributed by atoms with Crippen LogP contribution in [0.4, 0.5) is 4.39 Å². The van der Waals surface area contributed by atoms with Gasteiger partial charge >= 0.3 is 0 Å². The summed E-state index contributed by atoms with van der Waals surface area (Å²) >= 11 is 1.58. The molecule has 0 aliphatic rings. The molecular formula is C12H9FO2S. The number of ether oxygens (including phenoxy) is 1. The number of hydrogen-bond donors (Lipinski definition) is 0. The van der Waals surface area contributed by atoms with Crippen molar-refractivity contribution in [2.75, 3.05) is 0 Å². The van der Waals surface area contributed by atoms with Crippen LogP contribution >= 0.6 is 11.3 Å². The normalized spacial score (nSPS) is 10.1. The third-order valence-electron chi connectivity index (χ3n) is 2.07. The van der Waals surface area contributed by atoms with Gasteiger partial charge in [0.2, 0.25) is 0 Å². The summed E-state index contributed by atoms with van der Waals surface area (Å²) in [5.74, 6) is -0.0346. The van der Waals surface area contributed by atoms with Crippen molar-refractivity contribution in [2.45, 2.75) is 6.61 Å². The van der Waals surface area contributed by atoms with E-state index < -0.39 is 5.82 Å². The number of aldehydes is 1. The van der Waals surface area contributed by atoms with Gasteiger partial charge < -0.3 is 4.74 Å². The summed E-state index contributed by atoms with van der Waals surface area (Å²) in [5, 5.41) is 3.91. The maximum absolute atomic E-state index is 12.8. The number of carbonyl (C=O) groups is 1. The summed E-state index contributed by atoms with van der Waals surface area (Å²) in [6.45, 7) is 0.385. The van der Waals surface area contributed by atoms with Crippen LogP contribution in [-0.4, -0.2) is 6.29 Å². The molecule has 0 spiro atoms. The van der Waals surface area contributed by atoms with Crippen molar-refractivity contribution >= 4 is 17.6 Å². The van der Waals surface area contributed by atoms with E-state index in [9.17, 15) is 9.18 Å². The summed E-state index contributed by atoms with van der Waals surface area (Å²) in [5.41, 5.74) is 1.27. The third-order valence-corrected chi connectivity index (χ3v) is 2.81. The predicted octanol–water partition coefficient (Wildman–Crippen LogP) is 3.28. The Labute approximate surface area is 96.3 Å². The smallest absolute Gasteiger partial charge is 0.153 e. The van der Waals surface area contributed by atoms with Gasteiger partial charge in [-0.3, -0.25) is 4.79 Å². The minimum atomic E-state index is -0.440. The van der Waals surface area contributed by atoms with E-state index in [1.165, 1.54) is 12.1 Å². The number of halogens is 1. The summed E-state index contributed by atoms with van der Waals surface area (Å²) in [4.78, 5) is 10.7. The van der Waals surface area contributed by atoms with Gasteiger partial charge in [-0.15, -0.1) is 0 Å². The number of carbonyl (C=O) groups excluding carboxylic acids is 1. The molecule has 0 unspecified atom stereocenters. The monoisotopic (exact) mass is 236 g/mol. The largest absolute Gasteiger partial charge is 0.488 e. The van der Waals surface area contributed by atoms with Gasteiger partial charge in [-0.05, 0) is 40.6 Å². The second-order valence-corrected chi connectivity index (χ2v) is 4.00. The summed E-state index contributed by atoms with van der Waals surface area (Å²) in [7, 11) is 0. The van der Waals surface area contributed by atoms with E-state index in [2.05, 4.69) is 0 Å². The van der Waals surface area contributed by atoms with Crippen LogP contribution in [-0.2, 0) is 6.61 Å². The molecule has 0 aliphatic carbocycles. The van der Waals surface area contributed by atoms with Crippen LogP contribution in [0.15, 0.2) is 35.0 Å². The lowest BCUT2D eigenvalue weighted by Crippen LogP contribution is -1.97. The SMILES string of the molecule is O=Cc1cc(F)ccc1OCc1ccsc1. The van der Waals surface area contributed by atoms with E-state index in [0.717, 1.165) is 11.6 Å². The van der Waals surface area contributed by atoms with Crippen molar-refractivity contribution in [3.63, 3.8) is 0 Å². The van der Waals surface area contributed by atoms with Gasteiger partial charge in [0.1, 0.15) is 18.2 Å². The highest BCUT2D eigenvalue weighted by molar-refractivity contribution is 7.07. The van der Waals surface area contributed by atoms with Crippen LogP contribution in [0.3, 0.4) is 0 Å². The second-order valence-electron chi connectivity index (χ2n) is 3.22. The van der Waals surface area contributed by atoms with E-state index in [4.69, 9.17) is 4.74 Å². The third kappa shape index (κ3) is 2.46. The van der Waals surface area contributed by atoms with Gasteiger partial charge in [-0.25, -0.2) is 4.39 Å². The van der Waals surface area contributed by atoms with Crippen LogP contribution in [0.25, 0.3) is 0 Å². The molecule has 0 saturated carbocycles. The molecule has 0 saturated heterocycles. The summed E-state index contributed by atoms with van der Waals surface area (Å²) in [6.07, 6.45) is 0.589. The first-order valence-electron chi connectivity index (χ1n) is 4.68. The highest BCUT2D eigenvalue weighted by Crippen LogP contribution is 2.19. The van der Waals surface area contributed by atoms with Crippen LogP contribution in [0, 0.1) is 5.82 Å². The van der Waals surface area contributed by atoms with Crippen molar-refractivity contribution in [1.29, 1.82) is 0 Å². The first-order chi connectivity index (χ1) is 7.79. The summed E-state index contributed by atoms with van der Waals surface area (Å²) in [6, 6.07) is 5.84. The minimum absolute atomic E-state index is 0.232. The number of hydrogen-bond acceptors (Lipinski definition) is 3. The van der Waals surface area contributed by atoms with Crippen molar-refractivity contribution < 1.29 is 13.9 Å². The average Bonchev–Trinajstić information content (AvgIpc) is 2.80. The van der Waals surface area contributed by atoms with Crippen molar-refractivity contribution in [1.82, 2.24) is 0 Å². The molecule has 2 aromatic rings. The number of rotatable bonds is 4. The zero-order chi connectivity index (χ0) is 11.4. The Hall–Kier alpha value is -1.68. The first kappa shape index (κ1) is 10.8. The molecule has 0 fully saturated rings. The van der Waals surface area contributed by atoms with E-state index in [-0.39, 0.29) is 5.56 Å². The molecule has 1 heterocycles. The molecule has 1 aromatic heterocycles. The lowest BCUT2D eigenvalue weighted by Gasteiger charge is -2.07. The Kier molecular flexibility index (Phi) is 3.31. The molecule has 2 rings (SSSR count). The zero-order valence-electron chi connectivity index (χ0n) is 8.35. The maximum Gasteiger partial charge on any atom is 0.153 e. The standard InChI is InChI=1S/C12H9FO2S/c13-11-1-2-12(10(5-11)6-14)15-7-9-3-4-16-8-9/h1-6,8H,7H2. The van der Waals surface area contributed by atoms with Crippen molar-refractivity contribution in [2.24, 2.45) is 0 Å². The molecule has 2 nitrogen and oxygen atoms in total. The number of benzene rings is 1. The highest BCUT2D eigenvalue weighted by atomic mass is 32.1. The molecule has 0 bridgehead atoms. The Morgan fingerprint density at radius 2 is 2.25 bits per heavy atom. The van der Waals surface area contributed by atoms with E-state index in [0.29, 0.717) is 18.6 Å². The van der Waals surface area contributed by atoms with Gasteiger partial charge in [0.05, 0.1) is 5.56 Å². The molecule has 16 heavy (non-hydrogen) atoms. The molecule has 0 aliphatic heterocycles. The molecule has 1 aromatic carbocycles. The van der Waals surface area contributed by atoms with Gasteiger partial charge in [-0.1, -0.05) is 0 Å². The molecule has 0 N–H and O–H groups in total. The van der Waals surface area contributed by atoms with Crippen LogP contribution < -0.4 is 4.74 Å². The van der Waals surface area contributed by atoms with Gasteiger partial charge in [0.25, 0.3) is 0 Å². The topological polar surface area (TPSA) is 26.3 Å². The minimum Gasteiger partial charge on any atom is -0.488 e. The second kappa shape index (κ2) is 4.90. The lowest BCUT2D eigenvalue weighted by molar-refractivity contribution is 0.111. The van der Waals surface area contributed by atoms with E-state index >= 15 is 0 Å². The first-order valence-corrected chi connectivity index (χ1v) is 5.62. The Morgan fingerprint density at radius 3 is 2.94 bits per heavy atom. The van der Waals surface area contributed by atoms with Crippen LogP contribution in [0.5, 0.6) is 5.75 Å². The van der Waals surface area contributed by atoms with Crippen molar-refractivity contribution in [3.05, 3.63) is 52.0 Å². The fourth-order valence-corrected chi connectivity index (χ4v) is 1.93.